The molecule has 0 spiro atoms. The van der Waals surface area contributed by atoms with E-state index < -0.39 is 20.2 Å². The van der Waals surface area contributed by atoms with Gasteiger partial charge in [0.1, 0.15) is 12.3 Å². The zero-order valence-electron chi connectivity index (χ0n) is 15.6. The van der Waals surface area contributed by atoms with Crippen molar-refractivity contribution in [1.82, 2.24) is 9.55 Å². The number of nitrogens with zero attached hydrogens (tertiary/aromatic N) is 1. The molecule has 1 N–H and O–H groups in total. The van der Waals surface area contributed by atoms with Gasteiger partial charge in [0, 0.05) is 19.7 Å². The first-order valence-corrected chi connectivity index (χ1v) is 12.3. The molecule has 2 rings (SSSR count). The Morgan fingerprint density at radius 2 is 2.04 bits per heavy atom. The summed E-state index contributed by atoms with van der Waals surface area (Å²) < 4.78 is 19.7. The zero-order chi connectivity index (χ0) is 19.0. The van der Waals surface area contributed by atoms with Crippen LogP contribution in [0.15, 0.2) is 15.8 Å². The van der Waals surface area contributed by atoms with Crippen LogP contribution in [0.3, 0.4) is 0 Å². The molecule has 1 aliphatic heterocycles. The predicted molar refractivity (Wildman–Crippen MR) is 107 cm³/mol. The highest BCUT2D eigenvalue weighted by molar-refractivity contribution is 14.1. The third-order valence-electron chi connectivity index (χ3n) is 5.00. The summed E-state index contributed by atoms with van der Waals surface area (Å²) >= 11 is 1.90. The van der Waals surface area contributed by atoms with E-state index in [-0.39, 0.29) is 22.8 Å². The average molecular weight is 482 g/mol. The van der Waals surface area contributed by atoms with Crippen LogP contribution in [-0.2, 0) is 13.9 Å². The highest BCUT2D eigenvalue weighted by Crippen LogP contribution is 2.40. The van der Waals surface area contributed by atoms with Gasteiger partial charge in [-0.05, 0) is 40.7 Å². The number of H-pyrrole nitrogens is 1. The number of hydrogen-bond acceptors (Lipinski definition) is 5. The van der Waals surface area contributed by atoms with Crippen LogP contribution < -0.4 is 11.2 Å². The summed E-state index contributed by atoms with van der Waals surface area (Å²) in [6.45, 7) is 11.3. The second-order valence-electron chi connectivity index (χ2n) is 7.88. The van der Waals surface area contributed by atoms with Gasteiger partial charge in [-0.3, -0.25) is 14.3 Å². The molecule has 9 heteroatoms. The van der Waals surface area contributed by atoms with E-state index in [0.717, 1.165) is 0 Å². The van der Waals surface area contributed by atoms with Gasteiger partial charge in [0.05, 0.1) is 16.3 Å². The molecule has 25 heavy (non-hydrogen) atoms. The van der Waals surface area contributed by atoms with Gasteiger partial charge in [0.25, 0.3) is 5.56 Å². The van der Waals surface area contributed by atoms with Gasteiger partial charge in [0.15, 0.2) is 8.32 Å². The van der Waals surface area contributed by atoms with Gasteiger partial charge in [-0.1, -0.05) is 20.8 Å². The molecule has 2 heterocycles. The molecule has 0 amide bonds. The van der Waals surface area contributed by atoms with Crippen LogP contribution in [0, 0.1) is 3.57 Å². The van der Waals surface area contributed by atoms with Crippen molar-refractivity contribution in [3.05, 3.63) is 30.6 Å². The normalized spacial score (nSPS) is 24.7. The number of rotatable bonds is 5. The van der Waals surface area contributed by atoms with Gasteiger partial charge in [-0.2, -0.15) is 0 Å². The summed E-state index contributed by atoms with van der Waals surface area (Å²) in [6, 6.07) is 0. The highest BCUT2D eigenvalue weighted by atomic mass is 127. The zero-order valence-corrected chi connectivity index (χ0v) is 18.7. The monoisotopic (exact) mass is 482 g/mol. The molecule has 1 fully saturated rings. The number of aromatic amines is 1. The molecule has 1 saturated heterocycles. The summed E-state index contributed by atoms with van der Waals surface area (Å²) in [4.78, 5) is 26.1. The van der Waals surface area contributed by atoms with E-state index in [4.69, 9.17) is 13.9 Å². The first-order valence-electron chi connectivity index (χ1n) is 8.29. The van der Waals surface area contributed by atoms with E-state index in [1.54, 1.807) is 7.11 Å². The van der Waals surface area contributed by atoms with Crippen molar-refractivity contribution in [3.63, 3.8) is 0 Å². The molecule has 0 saturated carbocycles. The van der Waals surface area contributed by atoms with Crippen LogP contribution >= 0.6 is 22.6 Å². The Morgan fingerprint density at radius 3 is 2.60 bits per heavy atom. The summed E-state index contributed by atoms with van der Waals surface area (Å²) in [7, 11) is -0.367. The smallest absolute Gasteiger partial charge is 0.330 e. The van der Waals surface area contributed by atoms with Crippen molar-refractivity contribution in [3.8, 4) is 0 Å². The van der Waals surface area contributed by atoms with Gasteiger partial charge in [-0.15, -0.1) is 0 Å². The number of ether oxygens (including phenoxy) is 2. The van der Waals surface area contributed by atoms with Gasteiger partial charge in [-0.25, -0.2) is 4.79 Å². The Hall–Kier alpha value is -0.493. The van der Waals surface area contributed by atoms with Crippen LogP contribution in [0.4, 0.5) is 0 Å². The molecular formula is C16H27IN2O5Si. The molecule has 0 aromatic carbocycles. The summed E-state index contributed by atoms with van der Waals surface area (Å²) in [5.74, 6) is 0. The Balaban J connectivity index is 2.27. The topological polar surface area (TPSA) is 82.5 Å². The number of halogens is 1. The maximum Gasteiger partial charge on any atom is 0.330 e. The van der Waals surface area contributed by atoms with E-state index in [2.05, 4.69) is 38.8 Å². The maximum absolute atomic E-state index is 12.2. The van der Waals surface area contributed by atoms with Gasteiger partial charge < -0.3 is 13.9 Å². The van der Waals surface area contributed by atoms with Crippen LogP contribution in [0.1, 0.15) is 33.4 Å². The van der Waals surface area contributed by atoms with E-state index in [1.165, 1.54) is 10.8 Å². The van der Waals surface area contributed by atoms with Crippen molar-refractivity contribution in [1.29, 1.82) is 0 Å². The number of aromatic nitrogens is 2. The SMILES string of the molecule is COCC1OC(n2cc(I)c(=O)[nH]c2=O)CC1O[Si](C)(C)C(C)(C)C. The Bertz CT molecular complexity index is 724. The van der Waals surface area contributed by atoms with E-state index in [9.17, 15) is 9.59 Å². The lowest BCUT2D eigenvalue weighted by Gasteiger charge is -2.39. The minimum atomic E-state index is -1.99. The Labute approximate surface area is 162 Å². The van der Waals surface area contributed by atoms with Crippen molar-refractivity contribution in [2.75, 3.05) is 13.7 Å². The second-order valence-corrected chi connectivity index (χ2v) is 13.8. The first-order chi connectivity index (χ1) is 11.5. The predicted octanol–water partition coefficient (Wildman–Crippen LogP) is 2.47. The van der Waals surface area contributed by atoms with Crippen molar-refractivity contribution >= 4 is 30.9 Å². The summed E-state index contributed by atoms with van der Waals surface area (Å²) in [5, 5.41) is 0.0763. The molecular weight excluding hydrogens is 455 g/mol. The molecule has 0 radical (unpaired) electrons. The lowest BCUT2D eigenvalue weighted by atomic mass is 10.2. The van der Waals surface area contributed by atoms with E-state index in [0.29, 0.717) is 16.6 Å². The molecule has 142 valence electrons. The van der Waals surface area contributed by atoms with Crippen LogP contribution in [0.25, 0.3) is 0 Å². The van der Waals surface area contributed by atoms with Crippen LogP contribution in [0.2, 0.25) is 18.1 Å². The largest absolute Gasteiger partial charge is 0.411 e. The maximum atomic E-state index is 12.2. The molecule has 3 unspecified atom stereocenters. The molecule has 1 aliphatic rings. The van der Waals surface area contributed by atoms with E-state index in [1.807, 2.05) is 22.6 Å². The van der Waals surface area contributed by atoms with Crippen molar-refractivity contribution in [2.45, 2.75) is 63.8 Å². The number of nitrogens with one attached hydrogen (secondary N) is 1. The molecule has 0 aliphatic carbocycles. The van der Waals surface area contributed by atoms with Crippen molar-refractivity contribution < 1.29 is 13.9 Å². The van der Waals surface area contributed by atoms with Crippen LogP contribution in [-0.4, -0.2) is 43.8 Å². The second kappa shape index (κ2) is 7.63. The number of hydrogen-bond donors (Lipinski definition) is 1. The molecule has 3 atom stereocenters. The highest BCUT2D eigenvalue weighted by Gasteiger charge is 2.45. The fourth-order valence-corrected chi connectivity index (χ4v) is 4.33. The van der Waals surface area contributed by atoms with Crippen molar-refractivity contribution in [2.24, 2.45) is 0 Å². The van der Waals surface area contributed by atoms with Crippen LogP contribution in [0.5, 0.6) is 0 Å². The summed E-state index contributed by atoms with van der Waals surface area (Å²) in [5.41, 5.74) is -0.859. The number of methoxy groups -OCH3 is 1. The molecule has 1 aromatic heterocycles. The Kier molecular flexibility index (Phi) is 6.35. The Morgan fingerprint density at radius 1 is 1.40 bits per heavy atom. The quantitative estimate of drug-likeness (QED) is 0.515. The molecule has 0 bridgehead atoms. The summed E-state index contributed by atoms with van der Waals surface area (Å²) in [6.07, 6.45) is 1.20. The fourth-order valence-electron chi connectivity index (χ4n) is 2.54. The van der Waals surface area contributed by atoms with E-state index >= 15 is 0 Å². The lowest BCUT2D eigenvalue weighted by Crippen LogP contribution is -2.46. The molecule has 7 nitrogen and oxygen atoms in total. The third kappa shape index (κ3) is 4.62. The molecule has 1 aromatic rings. The van der Waals surface area contributed by atoms with Gasteiger partial charge in [0.2, 0.25) is 0 Å². The first kappa shape index (κ1) is 20.8. The van der Waals surface area contributed by atoms with Gasteiger partial charge >= 0.3 is 5.69 Å². The lowest BCUT2D eigenvalue weighted by molar-refractivity contribution is -0.0527. The fraction of sp³-hybridized carbons (Fsp3) is 0.750. The minimum absolute atomic E-state index is 0.0763. The standard InChI is InChI=1S/C16H27IN2O5Si/c1-16(2,3)25(5,6)24-11-7-13(23-12(11)9-22-4)19-8-10(17)14(20)18-15(19)21/h8,11-13H,7,9H2,1-6H3,(H,18,20,21). The minimum Gasteiger partial charge on any atom is -0.411 e. The third-order valence-corrected chi connectivity index (χ3v) is 10.3. The average Bonchev–Trinajstić information content (AvgIpc) is 2.84.